The number of nitrogens with one attached hydrogen (secondary N) is 1. The number of guanidine groups is 1. The van der Waals surface area contributed by atoms with Gasteiger partial charge in [-0.05, 0) is 43.4 Å². The van der Waals surface area contributed by atoms with Gasteiger partial charge in [-0.3, -0.25) is 4.99 Å². The largest absolute Gasteiger partial charge is 0.497 e. The second-order valence-electron chi connectivity index (χ2n) is 6.87. The summed E-state index contributed by atoms with van der Waals surface area (Å²) in [5.74, 6) is 1.83. The molecule has 1 aliphatic rings. The molecule has 0 aromatic heterocycles. The fourth-order valence-electron chi connectivity index (χ4n) is 3.49. The molecule has 2 rings (SSSR count). The molecule has 6 heteroatoms. The van der Waals surface area contributed by atoms with Crippen LogP contribution in [0, 0.1) is 0 Å². The van der Waals surface area contributed by atoms with Crippen LogP contribution in [0.4, 0.5) is 0 Å². The van der Waals surface area contributed by atoms with Crippen molar-refractivity contribution < 1.29 is 9.47 Å². The third-order valence-corrected chi connectivity index (χ3v) is 5.21. The molecule has 0 saturated carbocycles. The summed E-state index contributed by atoms with van der Waals surface area (Å²) in [6.07, 6.45) is 6.07. The van der Waals surface area contributed by atoms with Gasteiger partial charge in [0, 0.05) is 45.8 Å². The van der Waals surface area contributed by atoms with Crippen LogP contribution in [-0.2, 0) is 10.2 Å². The zero-order valence-corrected chi connectivity index (χ0v) is 19.2. The van der Waals surface area contributed by atoms with E-state index in [2.05, 4.69) is 41.0 Å². The molecule has 1 aromatic carbocycles. The summed E-state index contributed by atoms with van der Waals surface area (Å²) in [6, 6.07) is 8.45. The average Bonchev–Trinajstić information content (AvgIpc) is 2.69. The highest BCUT2D eigenvalue weighted by molar-refractivity contribution is 14.0. The minimum Gasteiger partial charge on any atom is -0.497 e. The molecule has 0 unspecified atom stereocenters. The fourth-order valence-corrected chi connectivity index (χ4v) is 3.49. The van der Waals surface area contributed by atoms with Gasteiger partial charge in [-0.2, -0.15) is 0 Å². The fraction of sp³-hybridized carbons (Fsp3) is 0.571. The Labute approximate surface area is 181 Å². The van der Waals surface area contributed by atoms with Crippen molar-refractivity contribution in [1.82, 2.24) is 10.2 Å². The molecule has 0 radical (unpaired) electrons. The zero-order valence-electron chi connectivity index (χ0n) is 16.9. The molecule has 27 heavy (non-hydrogen) atoms. The summed E-state index contributed by atoms with van der Waals surface area (Å²) in [5.41, 5.74) is 1.39. The number of hydrogen-bond acceptors (Lipinski definition) is 3. The van der Waals surface area contributed by atoms with Crippen LogP contribution in [0.25, 0.3) is 0 Å². The molecular weight excluding hydrogens is 453 g/mol. The number of nitrogens with zero attached hydrogens (tertiary/aromatic N) is 2. The van der Waals surface area contributed by atoms with Crippen LogP contribution in [0.2, 0.25) is 0 Å². The summed E-state index contributed by atoms with van der Waals surface area (Å²) < 4.78 is 10.9. The summed E-state index contributed by atoms with van der Waals surface area (Å²) in [5, 5.41) is 3.60. The van der Waals surface area contributed by atoms with Gasteiger partial charge in [0.15, 0.2) is 5.96 Å². The van der Waals surface area contributed by atoms with Crippen LogP contribution in [-0.4, -0.2) is 58.4 Å². The Kier molecular flexibility index (Phi) is 10.8. The van der Waals surface area contributed by atoms with Gasteiger partial charge in [0.05, 0.1) is 7.11 Å². The van der Waals surface area contributed by atoms with E-state index < -0.39 is 0 Å². The Morgan fingerprint density at radius 3 is 2.56 bits per heavy atom. The lowest BCUT2D eigenvalue weighted by Gasteiger charge is -2.39. The maximum atomic E-state index is 5.63. The van der Waals surface area contributed by atoms with Gasteiger partial charge in [-0.1, -0.05) is 18.2 Å². The van der Waals surface area contributed by atoms with Gasteiger partial charge in [0.2, 0.25) is 0 Å². The Morgan fingerprint density at radius 1 is 1.33 bits per heavy atom. The molecule has 1 aromatic rings. The SMILES string of the molecule is C=CCCCN(C)C(=NC)NCC1(c2ccc(OC)cc2)CCOCC1.I. The number of allylic oxidation sites excluding steroid dienone is 1. The quantitative estimate of drug-likeness (QED) is 0.199. The topological polar surface area (TPSA) is 46.1 Å². The maximum Gasteiger partial charge on any atom is 0.193 e. The first-order chi connectivity index (χ1) is 12.6. The molecule has 1 N–H and O–H groups in total. The molecular formula is C21H34IN3O2. The lowest BCUT2D eigenvalue weighted by Crippen LogP contribution is -2.48. The molecule has 5 nitrogen and oxygen atoms in total. The van der Waals surface area contributed by atoms with Crippen molar-refractivity contribution in [2.75, 3.05) is 47.5 Å². The Bertz CT molecular complexity index is 584. The number of rotatable bonds is 8. The number of ether oxygens (including phenoxy) is 2. The van der Waals surface area contributed by atoms with E-state index >= 15 is 0 Å². The second-order valence-corrected chi connectivity index (χ2v) is 6.87. The van der Waals surface area contributed by atoms with Gasteiger partial charge >= 0.3 is 0 Å². The molecule has 1 aliphatic heterocycles. The molecule has 1 heterocycles. The van der Waals surface area contributed by atoms with Crippen molar-refractivity contribution in [2.45, 2.75) is 31.1 Å². The van der Waals surface area contributed by atoms with Gasteiger partial charge in [0.25, 0.3) is 0 Å². The number of benzene rings is 1. The van der Waals surface area contributed by atoms with Gasteiger partial charge in [-0.15, -0.1) is 30.6 Å². The molecule has 1 saturated heterocycles. The highest BCUT2D eigenvalue weighted by Crippen LogP contribution is 2.35. The molecule has 0 aliphatic carbocycles. The highest BCUT2D eigenvalue weighted by Gasteiger charge is 2.34. The van der Waals surface area contributed by atoms with Crippen LogP contribution in [0.1, 0.15) is 31.2 Å². The van der Waals surface area contributed by atoms with Crippen molar-refractivity contribution in [3.63, 3.8) is 0 Å². The first-order valence-electron chi connectivity index (χ1n) is 9.40. The minimum atomic E-state index is 0. The Morgan fingerprint density at radius 2 is 2.00 bits per heavy atom. The molecule has 0 amide bonds. The number of halogens is 1. The van der Waals surface area contributed by atoms with E-state index in [-0.39, 0.29) is 29.4 Å². The van der Waals surface area contributed by atoms with Crippen LogP contribution in [0.15, 0.2) is 41.9 Å². The third kappa shape index (κ3) is 6.68. The van der Waals surface area contributed by atoms with Gasteiger partial charge in [-0.25, -0.2) is 0 Å². The van der Waals surface area contributed by atoms with Crippen molar-refractivity contribution in [1.29, 1.82) is 0 Å². The predicted octanol–water partition coefficient (Wildman–Crippen LogP) is 3.83. The maximum absolute atomic E-state index is 5.63. The van der Waals surface area contributed by atoms with E-state index in [1.54, 1.807) is 7.11 Å². The summed E-state index contributed by atoms with van der Waals surface area (Å²) >= 11 is 0. The van der Waals surface area contributed by atoms with Crippen molar-refractivity contribution in [2.24, 2.45) is 4.99 Å². The lowest BCUT2D eigenvalue weighted by atomic mass is 9.74. The van der Waals surface area contributed by atoms with E-state index in [0.29, 0.717) is 0 Å². The van der Waals surface area contributed by atoms with Crippen LogP contribution >= 0.6 is 24.0 Å². The number of unbranched alkanes of at least 4 members (excludes halogenated alkanes) is 1. The summed E-state index contributed by atoms with van der Waals surface area (Å²) in [7, 11) is 5.63. The normalized spacial score (nSPS) is 16.2. The van der Waals surface area contributed by atoms with Crippen LogP contribution in [0.5, 0.6) is 5.75 Å². The molecule has 0 atom stereocenters. The van der Waals surface area contributed by atoms with Crippen LogP contribution in [0.3, 0.4) is 0 Å². The van der Waals surface area contributed by atoms with E-state index in [9.17, 15) is 0 Å². The number of aliphatic imine (C=N–C) groups is 1. The van der Waals surface area contributed by atoms with Crippen LogP contribution < -0.4 is 10.1 Å². The van der Waals surface area contributed by atoms with Gasteiger partial charge in [0.1, 0.15) is 5.75 Å². The van der Waals surface area contributed by atoms with Crippen molar-refractivity contribution in [3.8, 4) is 5.75 Å². The van der Waals surface area contributed by atoms with E-state index in [1.807, 2.05) is 25.3 Å². The van der Waals surface area contributed by atoms with E-state index in [0.717, 1.165) is 63.7 Å². The number of methoxy groups -OCH3 is 1. The highest BCUT2D eigenvalue weighted by atomic mass is 127. The predicted molar refractivity (Wildman–Crippen MR) is 124 cm³/mol. The third-order valence-electron chi connectivity index (χ3n) is 5.21. The van der Waals surface area contributed by atoms with Crippen molar-refractivity contribution >= 4 is 29.9 Å². The first-order valence-corrected chi connectivity index (χ1v) is 9.40. The lowest BCUT2D eigenvalue weighted by molar-refractivity contribution is 0.0512. The smallest absolute Gasteiger partial charge is 0.193 e. The summed E-state index contributed by atoms with van der Waals surface area (Å²) in [6.45, 7) is 7.19. The van der Waals surface area contributed by atoms with E-state index in [1.165, 1.54) is 5.56 Å². The Balaban J connectivity index is 0.00000364. The standard InChI is InChI=1S/C21H33N3O2.HI/c1-5-6-7-14-24(3)20(22-2)23-17-21(12-15-26-16-13-21)18-8-10-19(25-4)11-9-18;/h5,8-11H,1,6-7,12-17H2,2-4H3,(H,22,23);1H. The minimum absolute atomic E-state index is 0. The molecule has 0 spiro atoms. The summed E-state index contributed by atoms with van der Waals surface area (Å²) in [4.78, 5) is 6.64. The Hall–Kier alpha value is -1.28. The van der Waals surface area contributed by atoms with Gasteiger partial charge < -0.3 is 19.7 Å². The average molecular weight is 487 g/mol. The second kappa shape index (κ2) is 12.2. The molecule has 152 valence electrons. The number of hydrogen-bond donors (Lipinski definition) is 1. The first kappa shape index (κ1) is 23.8. The van der Waals surface area contributed by atoms with E-state index in [4.69, 9.17) is 9.47 Å². The monoisotopic (exact) mass is 487 g/mol. The molecule has 0 bridgehead atoms. The molecule has 1 fully saturated rings. The van der Waals surface area contributed by atoms with Crippen molar-refractivity contribution in [3.05, 3.63) is 42.5 Å². The zero-order chi connectivity index (χ0) is 18.8.